The second-order valence-electron chi connectivity index (χ2n) is 5.70. The van der Waals surface area contributed by atoms with Crippen molar-refractivity contribution in [1.82, 2.24) is 10.2 Å². The highest BCUT2D eigenvalue weighted by Gasteiger charge is 2.13. The predicted octanol–water partition coefficient (Wildman–Crippen LogP) is 2.25. The maximum atomic E-state index is 5.56. The number of ether oxygens (including phenoxy) is 1. The van der Waals surface area contributed by atoms with Crippen molar-refractivity contribution < 1.29 is 9.15 Å². The van der Waals surface area contributed by atoms with Crippen LogP contribution in [0.4, 0.5) is 0 Å². The van der Waals surface area contributed by atoms with Crippen molar-refractivity contribution >= 4 is 0 Å². The minimum absolute atomic E-state index is 0.122. The number of hydrogen-bond donors (Lipinski definition) is 1. The molecule has 0 unspecified atom stereocenters. The number of rotatable bonds is 7. The Morgan fingerprint density at radius 3 is 2.72 bits per heavy atom. The van der Waals surface area contributed by atoms with Crippen LogP contribution in [0.15, 0.2) is 16.7 Å². The average Bonchev–Trinajstić information content (AvgIpc) is 2.70. The number of nitrogens with zero attached hydrogens (tertiary/aromatic N) is 1. The van der Waals surface area contributed by atoms with Crippen molar-refractivity contribution in [3.05, 3.63) is 23.7 Å². The van der Waals surface area contributed by atoms with E-state index in [1.165, 1.54) is 5.56 Å². The molecule has 18 heavy (non-hydrogen) atoms. The standard InChI is InChI=1S/C14H26N2O2/c1-14(2,3)15-10-12-6-8-18-13(12)11-16(4)7-9-17-5/h6,8,15H,7,9-11H2,1-5H3. The van der Waals surface area contributed by atoms with Crippen LogP contribution < -0.4 is 5.32 Å². The van der Waals surface area contributed by atoms with Crippen molar-refractivity contribution in [1.29, 1.82) is 0 Å². The molecule has 104 valence electrons. The van der Waals surface area contributed by atoms with E-state index in [1.807, 2.05) is 6.07 Å². The molecule has 0 radical (unpaired) electrons. The number of hydrogen-bond acceptors (Lipinski definition) is 4. The van der Waals surface area contributed by atoms with Gasteiger partial charge in [-0.3, -0.25) is 4.90 Å². The molecule has 0 spiro atoms. The summed E-state index contributed by atoms with van der Waals surface area (Å²) >= 11 is 0. The van der Waals surface area contributed by atoms with E-state index in [4.69, 9.17) is 9.15 Å². The first-order valence-corrected chi connectivity index (χ1v) is 6.40. The summed E-state index contributed by atoms with van der Waals surface area (Å²) < 4.78 is 10.6. The number of methoxy groups -OCH3 is 1. The molecule has 0 amide bonds. The monoisotopic (exact) mass is 254 g/mol. The van der Waals surface area contributed by atoms with Gasteiger partial charge in [-0.1, -0.05) is 0 Å². The first-order chi connectivity index (χ1) is 8.42. The Hall–Kier alpha value is -0.840. The Balaban J connectivity index is 2.49. The molecule has 1 N–H and O–H groups in total. The van der Waals surface area contributed by atoms with Crippen LogP contribution in [0, 0.1) is 0 Å². The smallest absolute Gasteiger partial charge is 0.122 e. The van der Waals surface area contributed by atoms with Crippen molar-refractivity contribution in [2.24, 2.45) is 0 Å². The molecule has 0 atom stereocenters. The van der Waals surface area contributed by atoms with E-state index in [1.54, 1.807) is 13.4 Å². The molecule has 0 aliphatic carbocycles. The Morgan fingerprint density at radius 1 is 1.39 bits per heavy atom. The fourth-order valence-electron chi connectivity index (χ4n) is 1.59. The van der Waals surface area contributed by atoms with E-state index in [2.05, 4.69) is 38.0 Å². The van der Waals surface area contributed by atoms with Crippen LogP contribution >= 0.6 is 0 Å². The zero-order valence-electron chi connectivity index (χ0n) is 12.2. The summed E-state index contributed by atoms with van der Waals surface area (Å²) in [6.07, 6.45) is 1.76. The van der Waals surface area contributed by atoms with Gasteiger partial charge in [-0.05, 0) is 33.9 Å². The highest BCUT2D eigenvalue weighted by molar-refractivity contribution is 5.17. The van der Waals surface area contributed by atoms with Crippen molar-refractivity contribution in [3.8, 4) is 0 Å². The summed E-state index contributed by atoms with van der Waals surface area (Å²) in [5.74, 6) is 1.03. The molecule has 0 saturated heterocycles. The molecular formula is C14H26N2O2. The Kier molecular flexibility index (Phi) is 5.85. The molecule has 0 saturated carbocycles. The molecule has 1 aromatic rings. The van der Waals surface area contributed by atoms with Crippen LogP contribution in [-0.2, 0) is 17.8 Å². The third-order valence-electron chi connectivity index (χ3n) is 2.74. The highest BCUT2D eigenvalue weighted by atomic mass is 16.5. The van der Waals surface area contributed by atoms with E-state index in [-0.39, 0.29) is 5.54 Å². The molecular weight excluding hydrogens is 228 g/mol. The number of furan rings is 1. The maximum Gasteiger partial charge on any atom is 0.122 e. The molecule has 0 fully saturated rings. The number of nitrogens with one attached hydrogen (secondary N) is 1. The van der Waals surface area contributed by atoms with E-state index < -0.39 is 0 Å². The van der Waals surface area contributed by atoms with Crippen molar-refractivity contribution in [2.45, 2.75) is 39.4 Å². The molecule has 4 heteroatoms. The molecule has 1 heterocycles. The fraction of sp³-hybridized carbons (Fsp3) is 0.714. The molecule has 0 bridgehead atoms. The van der Waals surface area contributed by atoms with Crippen LogP contribution in [0.1, 0.15) is 32.1 Å². The molecule has 0 aliphatic heterocycles. The lowest BCUT2D eigenvalue weighted by Crippen LogP contribution is -2.35. The zero-order chi connectivity index (χ0) is 13.6. The predicted molar refractivity (Wildman–Crippen MR) is 73.5 cm³/mol. The van der Waals surface area contributed by atoms with Gasteiger partial charge in [0.25, 0.3) is 0 Å². The second kappa shape index (κ2) is 6.92. The average molecular weight is 254 g/mol. The van der Waals surface area contributed by atoms with E-state index >= 15 is 0 Å². The summed E-state index contributed by atoms with van der Waals surface area (Å²) in [5, 5.41) is 3.48. The SMILES string of the molecule is COCCN(C)Cc1occc1CNC(C)(C)C. The lowest BCUT2D eigenvalue weighted by atomic mass is 10.1. The summed E-state index contributed by atoms with van der Waals surface area (Å²) in [4.78, 5) is 2.20. The minimum Gasteiger partial charge on any atom is -0.468 e. The summed E-state index contributed by atoms with van der Waals surface area (Å²) in [5.41, 5.74) is 1.35. The van der Waals surface area contributed by atoms with E-state index in [0.29, 0.717) is 0 Å². The van der Waals surface area contributed by atoms with Crippen molar-refractivity contribution in [2.75, 3.05) is 27.3 Å². The summed E-state index contributed by atoms with van der Waals surface area (Å²) in [6, 6.07) is 2.04. The number of likely N-dealkylation sites (N-methyl/N-ethyl adjacent to an activating group) is 1. The van der Waals surface area contributed by atoms with Gasteiger partial charge in [0.1, 0.15) is 5.76 Å². The van der Waals surface area contributed by atoms with Crippen LogP contribution in [0.3, 0.4) is 0 Å². The van der Waals surface area contributed by atoms with Crippen LogP contribution in [-0.4, -0.2) is 37.7 Å². The Morgan fingerprint density at radius 2 is 2.11 bits per heavy atom. The third-order valence-corrected chi connectivity index (χ3v) is 2.74. The summed E-state index contributed by atoms with van der Waals surface area (Å²) in [6.45, 7) is 9.80. The van der Waals surface area contributed by atoms with Gasteiger partial charge in [-0.15, -0.1) is 0 Å². The van der Waals surface area contributed by atoms with E-state index in [0.717, 1.165) is 32.0 Å². The van der Waals surface area contributed by atoms with Gasteiger partial charge in [-0.25, -0.2) is 0 Å². The largest absolute Gasteiger partial charge is 0.468 e. The molecule has 1 aromatic heterocycles. The maximum absolute atomic E-state index is 5.56. The molecule has 4 nitrogen and oxygen atoms in total. The normalized spacial score (nSPS) is 12.3. The first-order valence-electron chi connectivity index (χ1n) is 6.40. The topological polar surface area (TPSA) is 37.6 Å². The lowest BCUT2D eigenvalue weighted by molar-refractivity contribution is 0.154. The molecule has 1 rings (SSSR count). The fourth-order valence-corrected chi connectivity index (χ4v) is 1.59. The quantitative estimate of drug-likeness (QED) is 0.810. The minimum atomic E-state index is 0.122. The van der Waals surface area contributed by atoms with Crippen LogP contribution in [0.5, 0.6) is 0 Å². The molecule has 0 aromatic carbocycles. The van der Waals surface area contributed by atoms with Gasteiger partial charge in [0, 0.05) is 31.3 Å². The highest BCUT2D eigenvalue weighted by Crippen LogP contribution is 2.14. The Labute approximate surface area is 110 Å². The zero-order valence-corrected chi connectivity index (χ0v) is 12.2. The van der Waals surface area contributed by atoms with Gasteiger partial charge in [0.2, 0.25) is 0 Å². The second-order valence-corrected chi connectivity index (χ2v) is 5.70. The van der Waals surface area contributed by atoms with E-state index in [9.17, 15) is 0 Å². The molecule has 0 aliphatic rings. The van der Waals surface area contributed by atoms with Gasteiger partial charge in [0.15, 0.2) is 0 Å². The first kappa shape index (κ1) is 15.2. The summed E-state index contributed by atoms with van der Waals surface area (Å²) in [7, 11) is 3.79. The lowest BCUT2D eigenvalue weighted by Gasteiger charge is -2.21. The van der Waals surface area contributed by atoms with Crippen molar-refractivity contribution in [3.63, 3.8) is 0 Å². The van der Waals surface area contributed by atoms with Gasteiger partial charge >= 0.3 is 0 Å². The van der Waals surface area contributed by atoms with Crippen LogP contribution in [0.25, 0.3) is 0 Å². The third kappa shape index (κ3) is 5.67. The van der Waals surface area contributed by atoms with Gasteiger partial charge in [-0.2, -0.15) is 0 Å². The van der Waals surface area contributed by atoms with Gasteiger partial charge < -0.3 is 14.5 Å². The van der Waals surface area contributed by atoms with Crippen LogP contribution in [0.2, 0.25) is 0 Å². The van der Waals surface area contributed by atoms with Gasteiger partial charge in [0.05, 0.1) is 19.4 Å². The Bertz CT molecular complexity index is 342.